The van der Waals surface area contributed by atoms with Crippen LogP contribution < -0.4 is 10.6 Å². The van der Waals surface area contributed by atoms with E-state index in [1.807, 2.05) is 0 Å². The highest BCUT2D eigenvalue weighted by Gasteiger charge is 2.45. The molecule has 2 aliphatic heterocycles. The molecule has 10 nitrogen and oxygen atoms in total. The topological polar surface area (TPSA) is 131 Å². The summed E-state index contributed by atoms with van der Waals surface area (Å²) in [6, 6.07) is 3.62. The van der Waals surface area contributed by atoms with E-state index >= 15 is 0 Å². The lowest BCUT2D eigenvalue weighted by molar-refractivity contribution is -0.136. The van der Waals surface area contributed by atoms with Crippen LogP contribution in [0.15, 0.2) is 18.2 Å². The molecule has 0 aromatic heterocycles. The highest BCUT2D eigenvalue weighted by Crippen LogP contribution is 2.32. The molecule has 2 N–H and O–H groups in total. The van der Waals surface area contributed by atoms with Crippen LogP contribution in [0.3, 0.4) is 0 Å². The summed E-state index contributed by atoms with van der Waals surface area (Å²) in [5.41, 5.74) is 0.465. The number of hydrogen-bond acceptors (Lipinski definition) is 7. The maximum absolute atomic E-state index is 13.2. The van der Waals surface area contributed by atoms with E-state index < -0.39 is 29.7 Å². The summed E-state index contributed by atoms with van der Waals surface area (Å²) in [7, 11) is 0. The van der Waals surface area contributed by atoms with Gasteiger partial charge in [0.2, 0.25) is 17.7 Å². The second-order valence-electron chi connectivity index (χ2n) is 12.9. The van der Waals surface area contributed by atoms with Gasteiger partial charge in [0.1, 0.15) is 6.04 Å². The minimum Gasteiger partial charge on any atom is -0.379 e. The molecule has 0 aliphatic carbocycles. The van der Waals surface area contributed by atoms with Crippen LogP contribution in [0.1, 0.15) is 156 Å². The molecule has 1 fully saturated rings. The average molecular weight is 656 g/mol. The number of unbranched alkanes of at least 4 members (excludes halogenated alkanes) is 15. The molecule has 1 aromatic rings. The molecule has 3 rings (SSSR count). The average Bonchev–Trinajstić information content (AvgIpc) is 3.31. The third-order valence-corrected chi connectivity index (χ3v) is 8.95. The van der Waals surface area contributed by atoms with Gasteiger partial charge in [0.25, 0.3) is 11.8 Å². The predicted octanol–water partition coefficient (Wildman–Crippen LogP) is 7.10. The molecule has 47 heavy (non-hydrogen) atoms. The number of benzene rings is 1. The highest BCUT2D eigenvalue weighted by atomic mass is 16.5. The standard InChI is InChI=1S/C37H57N3O7/c1-2-3-4-5-6-7-8-9-10-11-12-13-14-17-25-46-27-28-47-26-18-15-16-22-32(41)38-30-21-19-20-29-34(30)37(45)40(36(29)44)31-23-24-33(42)39-35(31)43/h19-21,31H,2-18,22-28H2,1H3,(H,38,41)(H,39,42,43). The summed E-state index contributed by atoms with van der Waals surface area (Å²) in [4.78, 5) is 63.5. The Kier molecular flexibility index (Phi) is 18.3. The fourth-order valence-electron chi connectivity index (χ4n) is 6.22. The number of carbonyl (C=O) groups excluding carboxylic acids is 5. The van der Waals surface area contributed by atoms with Crippen molar-refractivity contribution in [2.75, 3.05) is 31.7 Å². The van der Waals surface area contributed by atoms with E-state index in [2.05, 4.69) is 17.6 Å². The Morgan fingerprint density at radius 3 is 1.87 bits per heavy atom. The fourth-order valence-corrected chi connectivity index (χ4v) is 6.22. The summed E-state index contributed by atoms with van der Waals surface area (Å²) in [6.45, 7) is 4.84. The van der Waals surface area contributed by atoms with Crippen LogP contribution in [0.2, 0.25) is 0 Å². The first-order valence-electron chi connectivity index (χ1n) is 18.2. The SMILES string of the molecule is CCCCCCCCCCCCCCCCOCCOCCCCCC(=O)Nc1cccc2c1C(=O)N(C1CCC(=O)NC1=O)C2=O. The van der Waals surface area contributed by atoms with Crippen molar-refractivity contribution in [3.63, 3.8) is 0 Å². The van der Waals surface area contributed by atoms with Crippen LogP contribution in [-0.2, 0) is 23.9 Å². The van der Waals surface area contributed by atoms with E-state index in [1.165, 1.54) is 89.5 Å². The molecule has 10 heteroatoms. The minimum atomic E-state index is -1.05. The van der Waals surface area contributed by atoms with Crippen LogP contribution in [0.5, 0.6) is 0 Å². The van der Waals surface area contributed by atoms with Crippen molar-refractivity contribution >= 4 is 35.2 Å². The molecule has 1 unspecified atom stereocenters. The van der Waals surface area contributed by atoms with Crippen molar-refractivity contribution in [3.05, 3.63) is 29.3 Å². The van der Waals surface area contributed by atoms with Crippen molar-refractivity contribution in [2.24, 2.45) is 0 Å². The van der Waals surface area contributed by atoms with Crippen LogP contribution >= 0.6 is 0 Å². The molecule has 0 saturated carbocycles. The van der Waals surface area contributed by atoms with Gasteiger partial charge in [0.05, 0.1) is 30.0 Å². The molecule has 262 valence electrons. The van der Waals surface area contributed by atoms with Crippen LogP contribution in [0.4, 0.5) is 5.69 Å². The van der Waals surface area contributed by atoms with Crippen molar-refractivity contribution in [1.29, 1.82) is 0 Å². The first-order valence-corrected chi connectivity index (χ1v) is 18.2. The zero-order valence-electron chi connectivity index (χ0n) is 28.6. The second-order valence-corrected chi connectivity index (χ2v) is 12.9. The monoisotopic (exact) mass is 655 g/mol. The van der Waals surface area contributed by atoms with E-state index in [0.29, 0.717) is 26.2 Å². The normalized spacial score (nSPS) is 16.1. The Morgan fingerprint density at radius 1 is 0.745 bits per heavy atom. The van der Waals surface area contributed by atoms with Gasteiger partial charge in [0.15, 0.2) is 0 Å². The first kappa shape index (κ1) is 38.3. The number of piperidine rings is 1. The Balaban J connectivity index is 1.14. The Morgan fingerprint density at radius 2 is 1.30 bits per heavy atom. The number of anilines is 1. The lowest BCUT2D eigenvalue weighted by Gasteiger charge is -2.27. The Hall–Kier alpha value is -3.11. The van der Waals surface area contributed by atoms with Gasteiger partial charge in [-0.15, -0.1) is 0 Å². The van der Waals surface area contributed by atoms with Gasteiger partial charge in [-0.2, -0.15) is 0 Å². The Bertz CT molecular complexity index is 1150. The van der Waals surface area contributed by atoms with Crippen LogP contribution in [-0.4, -0.2) is 66.9 Å². The maximum atomic E-state index is 13.2. The molecule has 0 bridgehead atoms. The molecule has 2 heterocycles. The van der Waals surface area contributed by atoms with Crippen LogP contribution in [0, 0.1) is 0 Å². The van der Waals surface area contributed by atoms with E-state index in [-0.39, 0.29) is 42.0 Å². The summed E-state index contributed by atoms with van der Waals surface area (Å²) < 4.78 is 11.4. The lowest BCUT2D eigenvalue weighted by Crippen LogP contribution is -2.54. The fraction of sp³-hybridized carbons (Fsp3) is 0.703. The molecule has 5 amide bonds. The van der Waals surface area contributed by atoms with Gasteiger partial charge < -0.3 is 14.8 Å². The third-order valence-electron chi connectivity index (χ3n) is 8.95. The molecule has 0 spiro atoms. The molecule has 1 saturated heterocycles. The summed E-state index contributed by atoms with van der Waals surface area (Å²) in [6.07, 6.45) is 21.6. The molecular weight excluding hydrogens is 598 g/mol. The number of ether oxygens (including phenoxy) is 2. The zero-order chi connectivity index (χ0) is 33.7. The quantitative estimate of drug-likeness (QED) is 0.0804. The van der Waals surface area contributed by atoms with Crippen LogP contribution in [0.25, 0.3) is 0 Å². The van der Waals surface area contributed by atoms with Gasteiger partial charge >= 0.3 is 0 Å². The van der Waals surface area contributed by atoms with Crippen molar-refractivity contribution in [2.45, 2.75) is 141 Å². The second kappa shape index (κ2) is 22.5. The number of carbonyl (C=O) groups is 5. The van der Waals surface area contributed by atoms with E-state index in [4.69, 9.17) is 9.47 Å². The number of amides is 5. The number of fused-ring (bicyclic) bond motifs is 1. The molecule has 1 atom stereocenters. The third kappa shape index (κ3) is 13.5. The van der Waals surface area contributed by atoms with E-state index in [1.54, 1.807) is 12.1 Å². The van der Waals surface area contributed by atoms with E-state index in [0.717, 1.165) is 30.8 Å². The minimum absolute atomic E-state index is 0.0474. The predicted molar refractivity (Wildman–Crippen MR) is 182 cm³/mol. The van der Waals surface area contributed by atoms with Gasteiger partial charge in [-0.3, -0.25) is 34.2 Å². The lowest BCUT2D eigenvalue weighted by atomic mass is 10.0. The Labute approximate surface area is 281 Å². The molecular formula is C37H57N3O7. The van der Waals surface area contributed by atoms with Gasteiger partial charge in [-0.1, -0.05) is 103 Å². The summed E-state index contributed by atoms with van der Waals surface area (Å²) >= 11 is 0. The number of nitrogens with one attached hydrogen (secondary N) is 2. The van der Waals surface area contributed by atoms with Crippen molar-refractivity contribution < 1.29 is 33.4 Å². The zero-order valence-corrected chi connectivity index (χ0v) is 28.6. The highest BCUT2D eigenvalue weighted by molar-refractivity contribution is 6.26. The van der Waals surface area contributed by atoms with Gasteiger partial charge in [0, 0.05) is 26.1 Å². The summed E-state index contributed by atoms with van der Waals surface area (Å²) in [5.74, 6) is -2.59. The number of rotatable bonds is 26. The number of hydrogen-bond donors (Lipinski definition) is 2. The number of imide groups is 2. The largest absolute Gasteiger partial charge is 0.379 e. The van der Waals surface area contributed by atoms with Gasteiger partial charge in [-0.05, 0) is 37.8 Å². The van der Waals surface area contributed by atoms with Crippen molar-refractivity contribution in [3.8, 4) is 0 Å². The van der Waals surface area contributed by atoms with E-state index in [9.17, 15) is 24.0 Å². The maximum Gasteiger partial charge on any atom is 0.264 e. The van der Waals surface area contributed by atoms with Gasteiger partial charge in [-0.25, -0.2) is 0 Å². The smallest absolute Gasteiger partial charge is 0.264 e. The summed E-state index contributed by atoms with van der Waals surface area (Å²) in [5, 5.41) is 4.94. The van der Waals surface area contributed by atoms with Crippen molar-refractivity contribution in [1.82, 2.24) is 10.2 Å². The molecule has 1 aromatic carbocycles. The number of nitrogens with zero attached hydrogens (tertiary/aromatic N) is 1. The molecule has 2 aliphatic rings. The molecule has 0 radical (unpaired) electrons. The first-order chi connectivity index (χ1) is 22.9.